The normalized spacial score (nSPS) is 10.8. The van der Waals surface area contributed by atoms with Crippen molar-refractivity contribution in [3.05, 3.63) is 52.8 Å². The van der Waals surface area contributed by atoms with Gasteiger partial charge in [-0.05, 0) is 28.1 Å². The standard InChI is InChI=1S/C13H14BrN7O/c1-19-11(2-4-16-19)7-15-13(22)12-3-5-20(18-12)9-21-8-10(14)6-17-21/h2-6,8H,7,9H2,1H3,(H,15,22). The van der Waals surface area contributed by atoms with Gasteiger partial charge in [0.1, 0.15) is 12.4 Å². The molecule has 22 heavy (non-hydrogen) atoms. The minimum Gasteiger partial charge on any atom is -0.345 e. The molecule has 1 N–H and O–H groups in total. The van der Waals surface area contributed by atoms with Crippen LogP contribution in [-0.4, -0.2) is 35.2 Å². The first-order chi connectivity index (χ1) is 10.6. The van der Waals surface area contributed by atoms with Crippen molar-refractivity contribution in [3.8, 4) is 0 Å². The predicted octanol–water partition coefficient (Wildman–Crippen LogP) is 1.01. The van der Waals surface area contributed by atoms with Crippen molar-refractivity contribution in [3.63, 3.8) is 0 Å². The quantitative estimate of drug-likeness (QED) is 0.733. The summed E-state index contributed by atoms with van der Waals surface area (Å²) >= 11 is 3.33. The summed E-state index contributed by atoms with van der Waals surface area (Å²) in [5.74, 6) is -0.221. The zero-order valence-corrected chi connectivity index (χ0v) is 13.4. The zero-order valence-electron chi connectivity index (χ0n) is 11.8. The van der Waals surface area contributed by atoms with E-state index in [4.69, 9.17) is 0 Å². The van der Waals surface area contributed by atoms with Crippen LogP contribution in [0.3, 0.4) is 0 Å². The van der Waals surface area contributed by atoms with E-state index in [2.05, 4.69) is 36.5 Å². The van der Waals surface area contributed by atoms with Gasteiger partial charge in [0.2, 0.25) is 0 Å². The molecule has 3 aromatic heterocycles. The molecule has 114 valence electrons. The molecule has 0 aliphatic carbocycles. The molecule has 0 bridgehead atoms. The lowest BCUT2D eigenvalue weighted by atomic mass is 10.3. The van der Waals surface area contributed by atoms with E-state index in [-0.39, 0.29) is 5.91 Å². The largest absolute Gasteiger partial charge is 0.345 e. The molecule has 0 radical (unpaired) electrons. The summed E-state index contributed by atoms with van der Waals surface area (Å²) < 4.78 is 5.98. The lowest BCUT2D eigenvalue weighted by molar-refractivity contribution is 0.0944. The second-order valence-electron chi connectivity index (χ2n) is 4.71. The fraction of sp³-hybridized carbons (Fsp3) is 0.231. The van der Waals surface area contributed by atoms with Crippen molar-refractivity contribution in [1.82, 2.24) is 34.7 Å². The third-order valence-electron chi connectivity index (χ3n) is 3.12. The molecule has 0 saturated carbocycles. The number of nitrogens with zero attached hydrogens (tertiary/aromatic N) is 6. The molecule has 1 amide bonds. The minimum atomic E-state index is -0.221. The van der Waals surface area contributed by atoms with Crippen molar-refractivity contribution >= 4 is 21.8 Å². The molecule has 0 fully saturated rings. The molecule has 3 aromatic rings. The van der Waals surface area contributed by atoms with E-state index in [0.717, 1.165) is 10.2 Å². The molecule has 0 atom stereocenters. The Bertz CT molecular complexity index is 788. The zero-order chi connectivity index (χ0) is 15.5. The van der Waals surface area contributed by atoms with Crippen LogP contribution < -0.4 is 5.32 Å². The van der Waals surface area contributed by atoms with Gasteiger partial charge in [-0.2, -0.15) is 15.3 Å². The average Bonchev–Trinajstić information content (AvgIpc) is 3.20. The Morgan fingerprint density at radius 1 is 1.32 bits per heavy atom. The molecular formula is C13H14BrN7O. The van der Waals surface area contributed by atoms with Crippen LogP contribution in [0, 0.1) is 0 Å². The van der Waals surface area contributed by atoms with E-state index < -0.39 is 0 Å². The topological polar surface area (TPSA) is 82.6 Å². The van der Waals surface area contributed by atoms with Crippen LogP contribution in [0.4, 0.5) is 0 Å². The first kappa shape index (κ1) is 14.5. The number of carbonyl (C=O) groups excluding carboxylic acids is 1. The number of amides is 1. The maximum absolute atomic E-state index is 12.1. The Hall–Kier alpha value is -2.42. The van der Waals surface area contributed by atoms with Crippen molar-refractivity contribution < 1.29 is 4.79 Å². The van der Waals surface area contributed by atoms with E-state index >= 15 is 0 Å². The molecular weight excluding hydrogens is 350 g/mol. The van der Waals surface area contributed by atoms with Gasteiger partial charge in [0.05, 0.1) is 22.9 Å². The highest BCUT2D eigenvalue weighted by atomic mass is 79.9. The van der Waals surface area contributed by atoms with Crippen LogP contribution in [-0.2, 0) is 20.3 Å². The van der Waals surface area contributed by atoms with Crippen molar-refractivity contribution in [1.29, 1.82) is 0 Å². The first-order valence-electron chi connectivity index (χ1n) is 6.58. The number of aromatic nitrogens is 6. The molecule has 0 unspecified atom stereocenters. The summed E-state index contributed by atoms with van der Waals surface area (Å²) in [6, 6.07) is 3.53. The Balaban J connectivity index is 1.60. The lowest BCUT2D eigenvalue weighted by Crippen LogP contribution is -2.24. The number of carbonyl (C=O) groups is 1. The van der Waals surface area contributed by atoms with E-state index in [9.17, 15) is 4.79 Å². The molecule has 0 saturated heterocycles. The number of hydrogen-bond acceptors (Lipinski definition) is 4. The van der Waals surface area contributed by atoms with Crippen LogP contribution in [0.1, 0.15) is 16.2 Å². The monoisotopic (exact) mass is 363 g/mol. The SMILES string of the molecule is Cn1nccc1CNC(=O)c1ccn(Cn2cc(Br)cn2)n1. The Labute approximate surface area is 134 Å². The number of hydrogen-bond donors (Lipinski definition) is 1. The summed E-state index contributed by atoms with van der Waals surface area (Å²) in [7, 11) is 1.83. The third kappa shape index (κ3) is 3.25. The van der Waals surface area contributed by atoms with Gasteiger partial charge in [-0.15, -0.1) is 0 Å². The van der Waals surface area contributed by atoms with Crippen molar-refractivity contribution in [2.45, 2.75) is 13.2 Å². The number of nitrogens with one attached hydrogen (secondary N) is 1. The molecule has 8 nitrogen and oxygen atoms in total. The summed E-state index contributed by atoms with van der Waals surface area (Å²) in [6.45, 7) is 0.856. The fourth-order valence-electron chi connectivity index (χ4n) is 1.96. The number of halogens is 1. The summed E-state index contributed by atoms with van der Waals surface area (Å²) in [6.07, 6.45) is 6.97. The van der Waals surface area contributed by atoms with E-state index in [1.165, 1.54) is 0 Å². The average molecular weight is 364 g/mol. The van der Waals surface area contributed by atoms with E-state index in [1.807, 2.05) is 19.3 Å². The van der Waals surface area contributed by atoms with E-state index in [1.54, 1.807) is 38.7 Å². The lowest BCUT2D eigenvalue weighted by Gasteiger charge is -2.04. The first-order valence-corrected chi connectivity index (χ1v) is 7.37. The second-order valence-corrected chi connectivity index (χ2v) is 5.62. The smallest absolute Gasteiger partial charge is 0.272 e. The molecule has 0 spiro atoms. The van der Waals surface area contributed by atoms with Crippen LogP contribution >= 0.6 is 15.9 Å². The summed E-state index contributed by atoms with van der Waals surface area (Å²) in [4.78, 5) is 12.1. The van der Waals surface area contributed by atoms with Gasteiger partial charge < -0.3 is 5.32 Å². The fourth-order valence-corrected chi connectivity index (χ4v) is 2.29. The van der Waals surface area contributed by atoms with Crippen LogP contribution in [0.15, 0.2) is 41.4 Å². The van der Waals surface area contributed by atoms with Crippen molar-refractivity contribution in [2.24, 2.45) is 7.05 Å². The van der Waals surface area contributed by atoms with Gasteiger partial charge in [-0.3, -0.25) is 14.2 Å². The molecule has 0 aromatic carbocycles. The highest BCUT2D eigenvalue weighted by molar-refractivity contribution is 9.10. The summed E-state index contributed by atoms with van der Waals surface area (Å²) in [5, 5.41) is 15.3. The summed E-state index contributed by atoms with van der Waals surface area (Å²) in [5.41, 5.74) is 1.29. The second kappa shape index (κ2) is 6.14. The Morgan fingerprint density at radius 3 is 2.86 bits per heavy atom. The van der Waals surface area contributed by atoms with Crippen LogP contribution in [0.2, 0.25) is 0 Å². The van der Waals surface area contributed by atoms with Gasteiger partial charge in [-0.25, -0.2) is 4.68 Å². The third-order valence-corrected chi connectivity index (χ3v) is 3.53. The molecule has 0 aliphatic heterocycles. The Morgan fingerprint density at radius 2 is 2.18 bits per heavy atom. The molecule has 3 rings (SSSR count). The van der Waals surface area contributed by atoms with Gasteiger partial charge in [0.25, 0.3) is 5.91 Å². The maximum Gasteiger partial charge on any atom is 0.272 e. The van der Waals surface area contributed by atoms with Crippen molar-refractivity contribution in [2.75, 3.05) is 0 Å². The van der Waals surface area contributed by atoms with Crippen LogP contribution in [0.25, 0.3) is 0 Å². The Kier molecular flexibility index (Phi) is 4.05. The predicted molar refractivity (Wildman–Crippen MR) is 81.9 cm³/mol. The van der Waals surface area contributed by atoms with Gasteiger partial charge in [0, 0.05) is 25.6 Å². The van der Waals surface area contributed by atoms with Gasteiger partial charge in [0.15, 0.2) is 0 Å². The maximum atomic E-state index is 12.1. The molecule has 0 aliphatic rings. The van der Waals surface area contributed by atoms with E-state index in [0.29, 0.717) is 18.9 Å². The van der Waals surface area contributed by atoms with Gasteiger partial charge in [-0.1, -0.05) is 0 Å². The number of aryl methyl sites for hydroxylation is 1. The highest BCUT2D eigenvalue weighted by Crippen LogP contribution is 2.06. The highest BCUT2D eigenvalue weighted by Gasteiger charge is 2.10. The minimum absolute atomic E-state index is 0.221. The van der Waals surface area contributed by atoms with Crippen LogP contribution in [0.5, 0.6) is 0 Å². The molecule has 9 heteroatoms. The molecule has 3 heterocycles. The number of rotatable bonds is 5. The van der Waals surface area contributed by atoms with Gasteiger partial charge >= 0.3 is 0 Å².